The maximum Gasteiger partial charge on any atom is 0.311 e. The van der Waals surface area contributed by atoms with Crippen molar-refractivity contribution in [2.24, 2.45) is 4.99 Å². The molecule has 178 valence electrons. The topological polar surface area (TPSA) is 86.7 Å². The maximum absolute atomic E-state index is 13.8. The summed E-state index contributed by atoms with van der Waals surface area (Å²) in [5.74, 6) is 0.175. The number of rotatable bonds is 4. The molecular formula is C28H21N3O4S. The van der Waals surface area contributed by atoms with Crippen molar-refractivity contribution in [2.75, 3.05) is 7.11 Å². The minimum atomic E-state index is -0.487. The lowest BCUT2D eigenvalue weighted by atomic mass is 9.83. The van der Waals surface area contributed by atoms with Crippen LogP contribution in [-0.4, -0.2) is 16.6 Å². The third-order valence-electron chi connectivity index (χ3n) is 6.69. The number of nitrogens with zero attached hydrogens (tertiary/aromatic N) is 3. The first-order valence-electron chi connectivity index (χ1n) is 11.6. The molecular weight excluding hydrogens is 474 g/mol. The number of allylic oxidation sites excluding steroid dienone is 1. The van der Waals surface area contributed by atoms with Crippen LogP contribution in [0.5, 0.6) is 5.75 Å². The number of fused-ring (bicyclic) bond motifs is 3. The van der Waals surface area contributed by atoms with Gasteiger partial charge in [-0.2, -0.15) is 0 Å². The molecule has 0 spiro atoms. The molecule has 0 bridgehead atoms. The number of methoxy groups -OCH3 is 1. The van der Waals surface area contributed by atoms with Gasteiger partial charge in [0.05, 0.1) is 28.3 Å². The Morgan fingerprint density at radius 2 is 1.86 bits per heavy atom. The Hall–Kier alpha value is -4.30. The Kier molecular flexibility index (Phi) is 5.38. The smallest absolute Gasteiger partial charge is 0.311 e. The third-order valence-corrected chi connectivity index (χ3v) is 7.67. The first-order valence-corrected chi connectivity index (χ1v) is 12.4. The van der Waals surface area contributed by atoms with Crippen molar-refractivity contribution in [3.8, 4) is 5.75 Å². The second-order valence-electron chi connectivity index (χ2n) is 8.71. The number of aromatic nitrogens is 1. The van der Waals surface area contributed by atoms with Crippen molar-refractivity contribution in [3.63, 3.8) is 0 Å². The summed E-state index contributed by atoms with van der Waals surface area (Å²) in [6, 6.07) is 22.8. The zero-order chi connectivity index (χ0) is 24.8. The lowest BCUT2D eigenvalue weighted by Crippen LogP contribution is -2.38. The van der Waals surface area contributed by atoms with Crippen LogP contribution in [-0.2, 0) is 6.42 Å². The molecule has 1 atom stereocenters. The number of hydrogen-bond donors (Lipinski definition) is 0. The SMILES string of the molecule is COc1ccc(/C=c2\sc3n(c2=O)[C@@H](c2ccccc2)C2=C(N=3)c3ccccc3CC2)cc1[N+](=O)[O-]. The predicted molar refractivity (Wildman–Crippen MR) is 139 cm³/mol. The molecule has 1 aromatic heterocycles. The van der Waals surface area contributed by atoms with Crippen molar-refractivity contribution < 1.29 is 9.66 Å². The van der Waals surface area contributed by atoms with Gasteiger partial charge in [0.2, 0.25) is 0 Å². The van der Waals surface area contributed by atoms with Crippen molar-refractivity contribution >= 4 is 28.8 Å². The zero-order valence-corrected chi connectivity index (χ0v) is 20.2. The molecule has 0 fully saturated rings. The maximum atomic E-state index is 13.8. The highest BCUT2D eigenvalue weighted by Crippen LogP contribution is 2.41. The van der Waals surface area contributed by atoms with Gasteiger partial charge >= 0.3 is 5.69 Å². The van der Waals surface area contributed by atoms with Crippen LogP contribution in [0.3, 0.4) is 0 Å². The molecule has 1 aliphatic carbocycles. The molecule has 2 aliphatic rings. The van der Waals surface area contributed by atoms with E-state index < -0.39 is 4.92 Å². The summed E-state index contributed by atoms with van der Waals surface area (Å²) in [5.41, 5.74) is 5.74. The Morgan fingerprint density at radius 3 is 2.64 bits per heavy atom. The second kappa shape index (κ2) is 8.73. The number of nitro benzene ring substituents is 1. The van der Waals surface area contributed by atoms with E-state index in [1.165, 1.54) is 30.1 Å². The summed E-state index contributed by atoms with van der Waals surface area (Å²) in [4.78, 5) is 30.4. The molecule has 36 heavy (non-hydrogen) atoms. The van der Waals surface area contributed by atoms with Gasteiger partial charge in [-0.3, -0.25) is 19.5 Å². The van der Waals surface area contributed by atoms with E-state index in [-0.39, 0.29) is 23.0 Å². The van der Waals surface area contributed by atoms with E-state index in [0.29, 0.717) is 14.9 Å². The highest BCUT2D eigenvalue weighted by atomic mass is 32.1. The molecule has 0 amide bonds. The first-order chi connectivity index (χ1) is 17.5. The molecule has 6 rings (SSSR count). The van der Waals surface area contributed by atoms with Crippen LogP contribution < -0.4 is 19.6 Å². The van der Waals surface area contributed by atoms with Crippen molar-refractivity contribution in [2.45, 2.75) is 18.9 Å². The van der Waals surface area contributed by atoms with Gasteiger partial charge in [-0.25, -0.2) is 4.99 Å². The first kappa shape index (κ1) is 22.2. The number of ether oxygens (including phenoxy) is 1. The van der Waals surface area contributed by atoms with E-state index >= 15 is 0 Å². The molecule has 2 heterocycles. The van der Waals surface area contributed by atoms with E-state index in [4.69, 9.17) is 9.73 Å². The van der Waals surface area contributed by atoms with Crippen LogP contribution in [0.25, 0.3) is 11.8 Å². The summed E-state index contributed by atoms with van der Waals surface area (Å²) in [5, 5.41) is 11.5. The molecule has 0 saturated carbocycles. The minimum absolute atomic E-state index is 0.145. The van der Waals surface area contributed by atoms with Crippen LogP contribution in [0.2, 0.25) is 0 Å². The van der Waals surface area contributed by atoms with Gasteiger partial charge < -0.3 is 4.74 Å². The summed E-state index contributed by atoms with van der Waals surface area (Å²) in [6.45, 7) is 0. The average molecular weight is 496 g/mol. The lowest BCUT2D eigenvalue weighted by Gasteiger charge is -2.30. The van der Waals surface area contributed by atoms with Gasteiger partial charge in [0.1, 0.15) is 0 Å². The standard InChI is InChI=1S/C28H21N3O4S/c1-35-23-14-11-17(15-22(23)31(33)34)16-24-27(32)30-26(19-8-3-2-4-9-19)21-13-12-18-7-5-6-10-20(18)25(21)29-28(30)36-24/h2-11,14-16,26H,12-13H2,1H3/b24-16-/t26-/m0/s1. The van der Waals surface area contributed by atoms with Crippen molar-refractivity contribution in [3.05, 3.63) is 130 Å². The summed E-state index contributed by atoms with van der Waals surface area (Å²) in [6.07, 6.45) is 3.41. The van der Waals surface area contributed by atoms with Crippen LogP contribution in [0, 0.1) is 10.1 Å². The summed E-state index contributed by atoms with van der Waals surface area (Å²) >= 11 is 1.30. The number of thiazole rings is 1. The fraction of sp³-hybridized carbons (Fsp3) is 0.143. The molecule has 8 heteroatoms. The van der Waals surface area contributed by atoms with Crippen molar-refractivity contribution in [1.29, 1.82) is 0 Å². The quantitative estimate of drug-likeness (QED) is 0.313. The molecule has 7 nitrogen and oxygen atoms in total. The monoisotopic (exact) mass is 495 g/mol. The van der Waals surface area contributed by atoms with Crippen molar-refractivity contribution in [1.82, 2.24) is 4.57 Å². The number of benzene rings is 3. The van der Waals surface area contributed by atoms with E-state index in [1.807, 2.05) is 42.5 Å². The van der Waals surface area contributed by atoms with Gasteiger partial charge in [-0.15, -0.1) is 0 Å². The second-order valence-corrected chi connectivity index (χ2v) is 9.72. The molecule has 0 N–H and O–H groups in total. The van der Waals surface area contributed by atoms with Gasteiger partial charge in [0, 0.05) is 11.6 Å². The Bertz CT molecular complexity index is 1730. The number of aryl methyl sites for hydroxylation is 1. The van der Waals surface area contributed by atoms with Crippen LogP contribution in [0.1, 0.15) is 34.7 Å². The minimum Gasteiger partial charge on any atom is -0.490 e. The van der Waals surface area contributed by atoms with E-state index in [1.54, 1.807) is 22.8 Å². The highest BCUT2D eigenvalue weighted by molar-refractivity contribution is 7.07. The average Bonchev–Trinajstić information content (AvgIpc) is 3.22. The van der Waals surface area contributed by atoms with E-state index in [2.05, 4.69) is 12.1 Å². The fourth-order valence-corrected chi connectivity index (χ4v) is 6.05. The number of hydrogen-bond acceptors (Lipinski definition) is 6. The molecule has 1 aliphatic heterocycles. The number of nitro groups is 1. The van der Waals surface area contributed by atoms with Gasteiger partial charge in [0.15, 0.2) is 10.6 Å². The van der Waals surface area contributed by atoms with Crippen LogP contribution >= 0.6 is 11.3 Å². The van der Waals surface area contributed by atoms with E-state index in [0.717, 1.165) is 35.2 Å². The van der Waals surface area contributed by atoms with Gasteiger partial charge in [-0.1, -0.05) is 72.0 Å². The lowest BCUT2D eigenvalue weighted by molar-refractivity contribution is -0.385. The molecule has 3 aromatic carbocycles. The molecule has 0 unspecified atom stereocenters. The van der Waals surface area contributed by atoms with Crippen LogP contribution in [0.15, 0.2) is 88.2 Å². The third kappa shape index (κ3) is 3.58. The predicted octanol–water partition coefficient (Wildman–Crippen LogP) is 4.24. The van der Waals surface area contributed by atoms with E-state index in [9.17, 15) is 14.9 Å². The Morgan fingerprint density at radius 1 is 1.08 bits per heavy atom. The summed E-state index contributed by atoms with van der Waals surface area (Å²) in [7, 11) is 1.39. The highest BCUT2D eigenvalue weighted by Gasteiger charge is 2.32. The normalized spacial score (nSPS) is 16.6. The Balaban J connectivity index is 1.58. The van der Waals surface area contributed by atoms with Crippen LogP contribution in [0.4, 0.5) is 5.69 Å². The van der Waals surface area contributed by atoms with Gasteiger partial charge in [0.25, 0.3) is 5.56 Å². The Labute approximate surface area is 210 Å². The molecule has 0 radical (unpaired) electrons. The fourth-order valence-electron chi connectivity index (χ4n) is 5.05. The molecule has 4 aromatic rings. The zero-order valence-electron chi connectivity index (χ0n) is 19.4. The van der Waals surface area contributed by atoms with Gasteiger partial charge in [-0.05, 0) is 47.2 Å². The largest absolute Gasteiger partial charge is 0.490 e. The summed E-state index contributed by atoms with van der Waals surface area (Å²) < 4.78 is 7.36. The molecule has 0 saturated heterocycles.